The molecule has 1 saturated carbocycles. The number of carbonyl (C=O) groups excluding carboxylic acids is 2. The monoisotopic (exact) mass is 532 g/mol. The number of halogens is 3. The molecule has 2 saturated heterocycles. The smallest absolute Gasteiger partial charge is 0.372 e. The first-order valence-corrected chi connectivity index (χ1v) is 13.2. The normalized spacial score (nSPS) is 23.4. The van der Waals surface area contributed by atoms with Crippen LogP contribution in [0.3, 0.4) is 0 Å². The van der Waals surface area contributed by atoms with E-state index in [0.29, 0.717) is 36.2 Å². The third-order valence-corrected chi connectivity index (χ3v) is 8.53. The highest BCUT2D eigenvalue weighted by Crippen LogP contribution is 2.41. The number of amides is 2. The van der Waals surface area contributed by atoms with Gasteiger partial charge >= 0.3 is 12.2 Å². The number of rotatable bonds is 5. The molecule has 1 aromatic heterocycles. The molecule has 1 aromatic carbocycles. The molecule has 8 nitrogen and oxygen atoms in total. The summed E-state index contributed by atoms with van der Waals surface area (Å²) >= 11 is 0. The van der Waals surface area contributed by atoms with Gasteiger partial charge in [0.15, 0.2) is 0 Å². The van der Waals surface area contributed by atoms with Crippen LogP contribution in [0, 0.1) is 11.8 Å². The Morgan fingerprint density at radius 1 is 1.08 bits per heavy atom. The number of likely N-dealkylation sites (tertiary alicyclic amines) is 1. The lowest BCUT2D eigenvalue weighted by atomic mass is 10.0. The summed E-state index contributed by atoms with van der Waals surface area (Å²) in [6.45, 7) is 4.66. The van der Waals surface area contributed by atoms with Crippen molar-refractivity contribution in [2.45, 2.75) is 51.4 Å². The molecule has 2 aromatic rings. The van der Waals surface area contributed by atoms with Crippen molar-refractivity contribution in [2.75, 3.05) is 50.1 Å². The third kappa shape index (κ3) is 5.25. The maximum Gasteiger partial charge on any atom is 0.416 e. The maximum atomic E-state index is 13.8. The summed E-state index contributed by atoms with van der Waals surface area (Å²) in [5.74, 6) is 0.465. The van der Waals surface area contributed by atoms with Gasteiger partial charge in [0.1, 0.15) is 0 Å². The molecule has 0 N–H and O–H groups in total. The highest BCUT2D eigenvalue weighted by molar-refractivity contribution is 5.91. The fraction of sp³-hybridized carbons (Fsp3) is 0.593. The minimum atomic E-state index is -4.39. The molecule has 3 aliphatic rings. The predicted octanol–water partition coefficient (Wildman–Crippen LogP) is 4.30. The quantitative estimate of drug-likeness (QED) is 0.575. The SMILES string of the molecule is CC(=O)N(C)c1cnn(C(=O)N2CC3CC(N(C)Cc4cc(N5CCCC5)ccc4C(F)(F)F)C[C@@H]3C2)c1. The lowest BCUT2D eigenvalue weighted by Gasteiger charge is -2.28. The highest BCUT2D eigenvalue weighted by atomic mass is 19.4. The second-order valence-electron chi connectivity index (χ2n) is 11.0. The fourth-order valence-corrected chi connectivity index (χ4v) is 6.26. The van der Waals surface area contributed by atoms with Gasteiger partial charge in [0.25, 0.3) is 0 Å². The van der Waals surface area contributed by atoms with E-state index in [2.05, 4.69) is 14.9 Å². The van der Waals surface area contributed by atoms with Gasteiger partial charge in [-0.05, 0) is 68.3 Å². The van der Waals surface area contributed by atoms with Crippen molar-refractivity contribution in [3.63, 3.8) is 0 Å². The van der Waals surface area contributed by atoms with Crippen LogP contribution < -0.4 is 9.80 Å². The molecule has 0 bridgehead atoms. The topological polar surface area (TPSA) is 64.9 Å². The molecular weight excluding hydrogens is 497 g/mol. The zero-order valence-corrected chi connectivity index (χ0v) is 22.1. The first-order chi connectivity index (χ1) is 18.0. The molecule has 3 atom stereocenters. The minimum Gasteiger partial charge on any atom is -0.372 e. The van der Waals surface area contributed by atoms with E-state index in [4.69, 9.17) is 0 Å². The van der Waals surface area contributed by atoms with E-state index in [0.717, 1.165) is 44.5 Å². The molecule has 38 heavy (non-hydrogen) atoms. The molecule has 3 heterocycles. The lowest BCUT2D eigenvalue weighted by Crippen LogP contribution is -2.36. The molecule has 206 valence electrons. The largest absolute Gasteiger partial charge is 0.416 e. The Morgan fingerprint density at radius 3 is 2.34 bits per heavy atom. The number of alkyl halides is 3. The Kier molecular flexibility index (Phi) is 7.15. The third-order valence-electron chi connectivity index (χ3n) is 8.53. The molecular formula is C27H35F3N6O2. The summed E-state index contributed by atoms with van der Waals surface area (Å²) in [6, 6.07) is 4.51. The van der Waals surface area contributed by atoms with Crippen molar-refractivity contribution >= 4 is 23.3 Å². The number of hydrogen-bond donors (Lipinski definition) is 0. The Hall–Kier alpha value is -3.08. The summed E-state index contributed by atoms with van der Waals surface area (Å²) in [7, 11) is 3.54. The number of aromatic nitrogens is 2. The van der Waals surface area contributed by atoms with Crippen molar-refractivity contribution in [3.05, 3.63) is 41.7 Å². The molecule has 1 aliphatic carbocycles. The molecule has 0 spiro atoms. The van der Waals surface area contributed by atoms with Crippen LogP contribution in [-0.4, -0.2) is 77.8 Å². The number of nitrogens with zero attached hydrogens (tertiary/aromatic N) is 6. The fourth-order valence-electron chi connectivity index (χ4n) is 6.26. The Balaban J connectivity index is 1.22. The van der Waals surface area contributed by atoms with Crippen LogP contribution in [-0.2, 0) is 17.5 Å². The van der Waals surface area contributed by atoms with E-state index in [9.17, 15) is 22.8 Å². The van der Waals surface area contributed by atoms with E-state index in [1.165, 1.54) is 28.8 Å². The summed E-state index contributed by atoms with van der Waals surface area (Å²) in [5, 5.41) is 4.14. The van der Waals surface area contributed by atoms with Gasteiger partial charge in [-0.25, -0.2) is 4.79 Å². The van der Waals surface area contributed by atoms with Gasteiger partial charge in [0, 0.05) is 58.4 Å². The summed E-state index contributed by atoms with van der Waals surface area (Å²) in [5.41, 5.74) is 1.19. The van der Waals surface area contributed by atoms with Crippen molar-refractivity contribution in [2.24, 2.45) is 11.8 Å². The second kappa shape index (κ2) is 10.2. The van der Waals surface area contributed by atoms with Gasteiger partial charge in [0.05, 0.1) is 23.6 Å². The van der Waals surface area contributed by atoms with Crippen LogP contribution in [0.15, 0.2) is 30.6 Å². The Morgan fingerprint density at radius 2 is 1.74 bits per heavy atom. The van der Waals surface area contributed by atoms with Crippen LogP contribution >= 0.6 is 0 Å². The van der Waals surface area contributed by atoms with Crippen LogP contribution in [0.1, 0.15) is 43.7 Å². The van der Waals surface area contributed by atoms with Crippen molar-refractivity contribution in [1.82, 2.24) is 19.6 Å². The number of benzene rings is 1. The molecule has 11 heteroatoms. The summed E-state index contributed by atoms with van der Waals surface area (Å²) in [6.07, 6.45) is 2.48. The zero-order valence-electron chi connectivity index (χ0n) is 22.1. The first-order valence-electron chi connectivity index (χ1n) is 13.2. The lowest BCUT2D eigenvalue weighted by molar-refractivity contribution is -0.138. The first kappa shape index (κ1) is 26.5. The molecule has 2 amide bonds. The van der Waals surface area contributed by atoms with Gasteiger partial charge < -0.3 is 14.7 Å². The van der Waals surface area contributed by atoms with Crippen LogP contribution in [0.4, 0.5) is 29.3 Å². The van der Waals surface area contributed by atoms with Crippen LogP contribution in [0.2, 0.25) is 0 Å². The van der Waals surface area contributed by atoms with Crippen molar-refractivity contribution in [3.8, 4) is 0 Å². The second-order valence-corrected chi connectivity index (χ2v) is 11.0. The summed E-state index contributed by atoms with van der Waals surface area (Å²) in [4.78, 5) is 32.0. The molecule has 2 aliphatic heterocycles. The molecule has 3 fully saturated rings. The van der Waals surface area contributed by atoms with Gasteiger partial charge in [-0.2, -0.15) is 23.0 Å². The number of anilines is 2. The summed E-state index contributed by atoms with van der Waals surface area (Å²) < 4.78 is 42.7. The van der Waals surface area contributed by atoms with E-state index in [1.807, 2.05) is 7.05 Å². The van der Waals surface area contributed by atoms with E-state index < -0.39 is 11.7 Å². The standard InChI is InChI=1S/C27H35F3N6O2/c1-18(37)33(3)24-13-31-36(17-24)26(38)35-15-19-10-23(11-20(19)16-35)32(2)14-21-12-22(34-8-4-5-9-34)6-7-25(21)27(28,29)30/h6-7,12-13,17,19-20,23H,4-5,8-11,14-16H2,1-3H3/t19-,20?,23?/m1/s1. The number of hydrogen-bond acceptors (Lipinski definition) is 5. The van der Waals surface area contributed by atoms with Gasteiger partial charge in [-0.1, -0.05) is 0 Å². The van der Waals surface area contributed by atoms with Crippen LogP contribution in [0.25, 0.3) is 0 Å². The van der Waals surface area contributed by atoms with E-state index >= 15 is 0 Å². The van der Waals surface area contributed by atoms with E-state index in [-0.39, 0.29) is 24.5 Å². The van der Waals surface area contributed by atoms with Gasteiger partial charge in [0.2, 0.25) is 5.91 Å². The number of carbonyl (C=O) groups is 2. The highest BCUT2D eigenvalue weighted by Gasteiger charge is 2.44. The van der Waals surface area contributed by atoms with Crippen LogP contribution in [0.5, 0.6) is 0 Å². The molecule has 5 rings (SSSR count). The Labute approximate surface area is 221 Å². The number of fused-ring (bicyclic) bond motifs is 1. The minimum absolute atomic E-state index is 0.145. The van der Waals surface area contributed by atoms with Gasteiger partial charge in [-0.3, -0.25) is 9.69 Å². The van der Waals surface area contributed by atoms with Crippen molar-refractivity contribution < 1.29 is 22.8 Å². The average Bonchev–Trinajstić information content (AvgIpc) is 3.66. The maximum absolute atomic E-state index is 13.8. The average molecular weight is 533 g/mol. The van der Waals surface area contributed by atoms with E-state index in [1.54, 1.807) is 30.3 Å². The van der Waals surface area contributed by atoms with Crippen molar-refractivity contribution in [1.29, 1.82) is 0 Å². The van der Waals surface area contributed by atoms with Gasteiger partial charge in [-0.15, -0.1) is 0 Å². The predicted molar refractivity (Wildman–Crippen MR) is 138 cm³/mol. The Bertz CT molecular complexity index is 1180. The molecule has 2 unspecified atom stereocenters. The molecule has 0 radical (unpaired) electrons. The zero-order chi connectivity index (χ0) is 27.2.